The molecule has 56 heavy (non-hydrogen) atoms. The number of fused-ring (bicyclic) bond motifs is 6. The Morgan fingerprint density at radius 2 is 0.607 bits per heavy atom. The van der Waals surface area contributed by atoms with Gasteiger partial charge in [-0.2, -0.15) is 0 Å². The van der Waals surface area contributed by atoms with Crippen molar-refractivity contribution in [3.63, 3.8) is 0 Å². The molecule has 0 spiro atoms. The van der Waals surface area contributed by atoms with Gasteiger partial charge in [-0.1, -0.05) is 115 Å². The molecule has 0 saturated heterocycles. The monoisotopic (exact) mass is 728 g/mol. The molecule has 0 bridgehead atoms. The largest absolute Gasteiger partial charge is 0.207 e. The van der Waals surface area contributed by atoms with Gasteiger partial charge in [-0.25, -0.2) is 17.6 Å². The smallest absolute Gasteiger partial charge is 0.123 e. The van der Waals surface area contributed by atoms with E-state index in [2.05, 4.69) is 54.6 Å². The van der Waals surface area contributed by atoms with E-state index in [9.17, 15) is 0 Å². The molecule has 11 aromatic carbocycles. The van der Waals surface area contributed by atoms with Crippen molar-refractivity contribution in [2.75, 3.05) is 0 Å². The van der Waals surface area contributed by atoms with Crippen molar-refractivity contribution < 1.29 is 17.6 Å². The van der Waals surface area contributed by atoms with Gasteiger partial charge in [0, 0.05) is 0 Å². The fraction of sp³-hybridized carbons (Fsp3) is 0. The fourth-order valence-electron chi connectivity index (χ4n) is 9.24. The molecule has 0 aromatic heterocycles. The highest BCUT2D eigenvalue weighted by atomic mass is 19.1. The maximum absolute atomic E-state index is 15.4. The first-order valence-corrected chi connectivity index (χ1v) is 18.5. The summed E-state index contributed by atoms with van der Waals surface area (Å²) in [6, 6.07) is 51.2. The van der Waals surface area contributed by atoms with E-state index in [1.807, 2.05) is 42.5 Å². The molecule has 0 amide bonds. The lowest BCUT2D eigenvalue weighted by Crippen LogP contribution is -1.98. The highest BCUT2D eigenvalue weighted by Crippen LogP contribution is 2.54. The molecule has 0 radical (unpaired) electrons. The van der Waals surface area contributed by atoms with Gasteiger partial charge in [0.15, 0.2) is 0 Å². The molecule has 4 heteroatoms. The topological polar surface area (TPSA) is 0 Å². The summed E-state index contributed by atoms with van der Waals surface area (Å²) in [5.74, 6) is -1.56. The second-order valence-corrected chi connectivity index (χ2v) is 14.5. The van der Waals surface area contributed by atoms with Crippen molar-refractivity contribution in [1.82, 2.24) is 0 Å². The van der Waals surface area contributed by atoms with Crippen molar-refractivity contribution in [3.8, 4) is 44.5 Å². The Labute approximate surface area is 318 Å². The van der Waals surface area contributed by atoms with Gasteiger partial charge >= 0.3 is 0 Å². The summed E-state index contributed by atoms with van der Waals surface area (Å²) in [5.41, 5.74) is 5.64. The lowest BCUT2D eigenvalue weighted by Gasteiger charge is -2.25. The predicted molar refractivity (Wildman–Crippen MR) is 224 cm³/mol. The van der Waals surface area contributed by atoms with Crippen molar-refractivity contribution in [2.45, 2.75) is 0 Å². The molecule has 0 fully saturated rings. The minimum atomic E-state index is -0.397. The number of halogens is 4. The molecule has 11 rings (SSSR count). The maximum atomic E-state index is 15.4. The van der Waals surface area contributed by atoms with Crippen LogP contribution in [-0.2, 0) is 0 Å². The quantitative estimate of drug-likeness (QED) is 0.0962. The van der Waals surface area contributed by atoms with Gasteiger partial charge in [0.2, 0.25) is 0 Å². The summed E-state index contributed by atoms with van der Waals surface area (Å²) >= 11 is 0. The Kier molecular flexibility index (Phi) is 7.08. The molecule has 0 saturated carbocycles. The molecular formula is C52H28F4. The Bertz CT molecular complexity index is 3420. The van der Waals surface area contributed by atoms with Crippen LogP contribution in [0.4, 0.5) is 17.6 Å². The summed E-state index contributed by atoms with van der Waals surface area (Å²) in [7, 11) is 0. The first-order chi connectivity index (χ1) is 27.4. The highest BCUT2D eigenvalue weighted by Gasteiger charge is 2.26. The second kappa shape index (κ2) is 12.2. The van der Waals surface area contributed by atoms with Crippen molar-refractivity contribution in [3.05, 3.63) is 193 Å². The van der Waals surface area contributed by atoms with E-state index in [1.165, 1.54) is 48.5 Å². The van der Waals surface area contributed by atoms with Crippen LogP contribution in [0.3, 0.4) is 0 Å². The average Bonchev–Trinajstić information content (AvgIpc) is 3.21. The normalized spacial score (nSPS) is 11.9. The van der Waals surface area contributed by atoms with Gasteiger partial charge in [0.1, 0.15) is 23.3 Å². The third-order valence-electron chi connectivity index (χ3n) is 11.4. The van der Waals surface area contributed by atoms with Gasteiger partial charge in [0.05, 0.1) is 0 Å². The van der Waals surface area contributed by atoms with E-state index in [0.717, 1.165) is 86.9 Å². The summed E-state index contributed by atoms with van der Waals surface area (Å²) in [4.78, 5) is 0. The SMILES string of the molecule is Fc1cccc(-c2c(-c3cccc(F)c3)c3cc4c(-c5cccc(F)c5)c(-c5cccc(F)c5)c5ccc6ccccc6c5c4c4ccc5cccc2c5c34)c1. The van der Waals surface area contributed by atoms with E-state index in [0.29, 0.717) is 22.3 Å². The third kappa shape index (κ3) is 4.79. The molecule has 264 valence electrons. The Balaban J connectivity index is 1.49. The Morgan fingerprint density at radius 1 is 0.232 bits per heavy atom. The van der Waals surface area contributed by atoms with Gasteiger partial charge in [-0.15, -0.1) is 0 Å². The minimum absolute atomic E-state index is 0.380. The third-order valence-corrected chi connectivity index (χ3v) is 11.4. The average molecular weight is 729 g/mol. The molecule has 0 unspecified atom stereocenters. The van der Waals surface area contributed by atoms with Crippen LogP contribution in [0.2, 0.25) is 0 Å². The number of rotatable bonds is 4. The summed E-state index contributed by atoms with van der Waals surface area (Å²) < 4.78 is 61.2. The van der Waals surface area contributed by atoms with Crippen LogP contribution in [0.15, 0.2) is 170 Å². The van der Waals surface area contributed by atoms with E-state index >= 15 is 17.6 Å². The first kappa shape index (κ1) is 32.4. The molecular weight excluding hydrogens is 701 g/mol. The second-order valence-electron chi connectivity index (χ2n) is 14.5. The lowest BCUT2D eigenvalue weighted by atomic mass is 9.78. The number of hydrogen-bond donors (Lipinski definition) is 0. The molecule has 11 aromatic rings. The van der Waals surface area contributed by atoms with E-state index in [4.69, 9.17) is 0 Å². The van der Waals surface area contributed by atoms with Crippen molar-refractivity contribution in [2.24, 2.45) is 0 Å². The minimum Gasteiger partial charge on any atom is -0.207 e. The van der Waals surface area contributed by atoms with Crippen LogP contribution in [-0.4, -0.2) is 0 Å². The van der Waals surface area contributed by atoms with Gasteiger partial charge < -0.3 is 0 Å². The Hall–Kier alpha value is -7.04. The standard InChI is InChI=1S/C52H28F4/c53-35-14-3-10-31(24-35)46-40-19-7-9-30-21-23-42-51(45(30)40)43(48(46)33-12-5-16-37(55)26-33)28-44-49(34-13-6-17-38(56)27-34)47(32-11-4-15-36(54)25-32)41-22-20-29-8-1-2-18-39(29)50(41)52(42)44/h1-28H. The first-order valence-electron chi connectivity index (χ1n) is 18.5. The van der Waals surface area contributed by atoms with E-state index in [-0.39, 0.29) is 11.6 Å². The number of benzene rings is 11. The Morgan fingerprint density at radius 3 is 1.14 bits per heavy atom. The number of hydrogen-bond acceptors (Lipinski definition) is 0. The van der Waals surface area contributed by atoms with Crippen LogP contribution in [0.5, 0.6) is 0 Å². The van der Waals surface area contributed by atoms with Crippen LogP contribution in [0, 0.1) is 23.3 Å². The van der Waals surface area contributed by atoms with Gasteiger partial charge in [-0.3, -0.25) is 0 Å². The maximum Gasteiger partial charge on any atom is 0.123 e. The summed E-state index contributed by atoms with van der Waals surface area (Å²) in [5, 5.41) is 11.5. The van der Waals surface area contributed by atoms with Crippen LogP contribution in [0.25, 0.3) is 109 Å². The van der Waals surface area contributed by atoms with Gasteiger partial charge in [0.25, 0.3) is 0 Å². The predicted octanol–water partition coefficient (Wildman–Crippen LogP) is 15.3. The van der Waals surface area contributed by atoms with Crippen molar-refractivity contribution in [1.29, 1.82) is 0 Å². The summed E-state index contributed by atoms with van der Waals surface area (Å²) in [6.07, 6.45) is 0. The summed E-state index contributed by atoms with van der Waals surface area (Å²) in [6.45, 7) is 0. The molecule has 0 aliphatic rings. The molecule has 0 atom stereocenters. The molecule has 0 aliphatic carbocycles. The fourth-order valence-corrected chi connectivity index (χ4v) is 9.24. The lowest BCUT2D eigenvalue weighted by molar-refractivity contribution is 0.627. The molecule has 0 nitrogen and oxygen atoms in total. The van der Waals surface area contributed by atoms with E-state index < -0.39 is 11.6 Å². The molecule has 0 N–H and O–H groups in total. The zero-order valence-electron chi connectivity index (χ0n) is 29.7. The van der Waals surface area contributed by atoms with E-state index in [1.54, 1.807) is 24.3 Å². The zero-order valence-corrected chi connectivity index (χ0v) is 29.7. The van der Waals surface area contributed by atoms with Crippen molar-refractivity contribution >= 4 is 64.6 Å². The van der Waals surface area contributed by atoms with Crippen LogP contribution >= 0.6 is 0 Å². The highest BCUT2D eigenvalue weighted by molar-refractivity contribution is 6.41. The van der Waals surface area contributed by atoms with Crippen LogP contribution < -0.4 is 0 Å². The molecule has 0 aliphatic heterocycles. The van der Waals surface area contributed by atoms with Crippen LogP contribution in [0.1, 0.15) is 0 Å². The zero-order chi connectivity index (χ0) is 37.7. The van der Waals surface area contributed by atoms with Gasteiger partial charge in [-0.05, 0) is 164 Å². The molecule has 0 heterocycles.